The third-order valence-electron chi connectivity index (χ3n) is 1.66. The van der Waals surface area contributed by atoms with Crippen LogP contribution in [-0.4, -0.2) is 21.4 Å². The Bertz CT molecular complexity index is 426. The maximum atomic E-state index is 3.97. The fraction of sp³-hybridized carbons (Fsp3) is 0. The summed E-state index contributed by atoms with van der Waals surface area (Å²) in [6.07, 6.45) is 4.75. The largest absolute Gasteiger partial charge is 0.263 e. The van der Waals surface area contributed by atoms with Crippen molar-refractivity contribution in [2.24, 2.45) is 5.10 Å². The zero-order valence-corrected chi connectivity index (χ0v) is 7.91. The first-order chi connectivity index (χ1) is 7.45. The van der Waals surface area contributed by atoms with Crippen LogP contribution in [0.25, 0.3) is 0 Å². The van der Waals surface area contributed by atoms with Crippen LogP contribution in [0, 0.1) is 0 Å². The molecule has 5 nitrogen and oxygen atoms in total. The van der Waals surface area contributed by atoms with E-state index in [1.54, 1.807) is 12.4 Å². The van der Waals surface area contributed by atoms with Gasteiger partial charge in [0.2, 0.25) is 0 Å². The van der Waals surface area contributed by atoms with E-state index in [0.717, 1.165) is 5.56 Å². The first-order valence-electron chi connectivity index (χ1n) is 4.43. The van der Waals surface area contributed by atoms with E-state index in [9.17, 15) is 0 Å². The lowest BCUT2D eigenvalue weighted by atomic mass is 10.2. The van der Waals surface area contributed by atoms with Crippen LogP contribution in [0.2, 0.25) is 0 Å². The van der Waals surface area contributed by atoms with Gasteiger partial charge < -0.3 is 0 Å². The minimum absolute atomic E-state index is 0.379. The molecule has 0 aliphatic heterocycles. The topological polar surface area (TPSA) is 63.1 Å². The van der Waals surface area contributed by atoms with E-state index in [1.165, 1.54) is 6.20 Å². The minimum atomic E-state index is 0.379. The fourth-order valence-corrected chi connectivity index (χ4v) is 1.00. The zero-order chi connectivity index (χ0) is 10.3. The van der Waals surface area contributed by atoms with Gasteiger partial charge in [-0.15, -0.1) is 5.10 Å². The van der Waals surface area contributed by atoms with Crippen molar-refractivity contribution in [3.05, 3.63) is 48.3 Å². The summed E-state index contributed by atoms with van der Waals surface area (Å²) in [7, 11) is 0. The van der Waals surface area contributed by atoms with Crippen molar-refractivity contribution in [1.29, 1.82) is 0 Å². The predicted octanol–water partition coefficient (Wildman–Crippen LogP) is 1.32. The van der Waals surface area contributed by atoms with Gasteiger partial charge >= 0.3 is 0 Å². The number of nitrogens with one attached hydrogen (secondary N) is 1. The molecule has 0 saturated heterocycles. The number of hydrogen-bond donors (Lipinski definition) is 1. The molecule has 0 spiro atoms. The number of benzene rings is 1. The predicted molar refractivity (Wildman–Crippen MR) is 57.5 cm³/mol. The maximum Gasteiger partial charge on any atom is 0.263 e. The van der Waals surface area contributed by atoms with Gasteiger partial charge in [0.05, 0.1) is 18.6 Å². The minimum Gasteiger partial charge on any atom is -0.244 e. The van der Waals surface area contributed by atoms with E-state index in [4.69, 9.17) is 0 Å². The highest BCUT2D eigenvalue weighted by Gasteiger charge is 1.89. The van der Waals surface area contributed by atoms with Gasteiger partial charge in [0.1, 0.15) is 0 Å². The summed E-state index contributed by atoms with van der Waals surface area (Å²) in [5, 5.41) is 11.4. The summed E-state index contributed by atoms with van der Waals surface area (Å²) in [5.74, 6) is 0.379. The number of aromatic nitrogens is 3. The molecule has 0 atom stereocenters. The molecule has 1 heterocycles. The smallest absolute Gasteiger partial charge is 0.244 e. The highest BCUT2D eigenvalue weighted by atomic mass is 15.4. The van der Waals surface area contributed by atoms with E-state index in [2.05, 4.69) is 25.7 Å². The molecular weight excluding hydrogens is 190 g/mol. The Morgan fingerprint density at radius 1 is 1.13 bits per heavy atom. The Kier molecular flexibility index (Phi) is 2.97. The zero-order valence-electron chi connectivity index (χ0n) is 7.91. The van der Waals surface area contributed by atoms with Crippen molar-refractivity contribution in [1.82, 2.24) is 15.2 Å². The Morgan fingerprint density at radius 2 is 2.00 bits per heavy atom. The Labute approximate surface area is 86.9 Å². The summed E-state index contributed by atoms with van der Waals surface area (Å²) < 4.78 is 0. The average Bonchev–Trinajstić information content (AvgIpc) is 2.32. The molecule has 0 fully saturated rings. The Hall–Kier alpha value is -2.30. The summed E-state index contributed by atoms with van der Waals surface area (Å²) in [6, 6.07) is 9.75. The lowest BCUT2D eigenvalue weighted by Crippen LogP contribution is -1.97. The third-order valence-corrected chi connectivity index (χ3v) is 1.66. The van der Waals surface area contributed by atoms with Gasteiger partial charge in [-0.1, -0.05) is 30.3 Å². The molecule has 2 rings (SSSR count). The van der Waals surface area contributed by atoms with Gasteiger partial charge in [-0.25, -0.2) is 10.4 Å². The van der Waals surface area contributed by atoms with Crippen LogP contribution in [0.1, 0.15) is 5.56 Å². The van der Waals surface area contributed by atoms with E-state index in [1.807, 2.05) is 30.3 Å². The van der Waals surface area contributed by atoms with Crippen molar-refractivity contribution >= 4 is 12.2 Å². The van der Waals surface area contributed by atoms with E-state index < -0.39 is 0 Å². The summed E-state index contributed by atoms with van der Waals surface area (Å²) in [4.78, 5) is 3.91. The van der Waals surface area contributed by atoms with Gasteiger partial charge in [-0.3, -0.25) is 0 Å². The second-order valence-corrected chi connectivity index (χ2v) is 2.75. The molecule has 0 saturated carbocycles. The Morgan fingerprint density at radius 3 is 2.73 bits per heavy atom. The first-order valence-corrected chi connectivity index (χ1v) is 4.43. The molecule has 0 radical (unpaired) electrons. The van der Waals surface area contributed by atoms with Crippen molar-refractivity contribution in [3.63, 3.8) is 0 Å². The molecule has 5 heteroatoms. The lowest BCUT2D eigenvalue weighted by Gasteiger charge is -1.94. The molecule has 15 heavy (non-hydrogen) atoms. The molecule has 74 valence electrons. The summed E-state index contributed by atoms with van der Waals surface area (Å²) in [5.41, 5.74) is 3.69. The molecule has 0 amide bonds. The summed E-state index contributed by atoms with van der Waals surface area (Å²) in [6.45, 7) is 0. The van der Waals surface area contributed by atoms with E-state index >= 15 is 0 Å². The quantitative estimate of drug-likeness (QED) is 0.598. The fourth-order valence-electron chi connectivity index (χ4n) is 1.00. The number of anilines is 1. The monoisotopic (exact) mass is 199 g/mol. The van der Waals surface area contributed by atoms with Gasteiger partial charge in [-0.05, 0) is 5.56 Å². The van der Waals surface area contributed by atoms with Gasteiger partial charge in [-0.2, -0.15) is 10.2 Å². The molecule has 0 aliphatic rings. The molecular formula is C10H9N5. The van der Waals surface area contributed by atoms with E-state index in [0.29, 0.717) is 5.95 Å². The molecule has 1 aromatic carbocycles. The molecule has 2 aromatic rings. The van der Waals surface area contributed by atoms with Crippen LogP contribution in [0.5, 0.6) is 0 Å². The normalized spacial score (nSPS) is 10.4. The van der Waals surface area contributed by atoms with Crippen LogP contribution < -0.4 is 5.43 Å². The Balaban J connectivity index is 1.97. The van der Waals surface area contributed by atoms with Crippen LogP contribution in [0.3, 0.4) is 0 Å². The summed E-state index contributed by atoms with van der Waals surface area (Å²) >= 11 is 0. The van der Waals surface area contributed by atoms with Gasteiger partial charge in [0, 0.05) is 0 Å². The van der Waals surface area contributed by atoms with Crippen molar-refractivity contribution in [3.8, 4) is 0 Å². The van der Waals surface area contributed by atoms with E-state index in [-0.39, 0.29) is 0 Å². The molecule has 0 aliphatic carbocycles. The SMILES string of the molecule is C(=N\Nc1nccnn1)/c1ccccc1. The molecule has 0 unspecified atom stereocenters. The van der Waals surface area contributed by atoms with Gasteiger partial charge in [0.15, 0.2) is 0 Å². The van der Waals surface area contributed by atoms with Crippen LogP contribution in [0.15, 0.2) is 47.8 Å². The van der Waals surface area contributed by atoms with Crippen molar-refractivity contribution in [2.45, 2.75) is 0 Å². The highest BCUT2D eigenvalue weighted by molar-refractivity contribution is 5.79. The second kappa shape index (κ2) is 4.80. The van der Waals surface area contributed by atoms with Crippen LogP contribution >= 0.6 is 0 Å². The number of nitrogens with zero attached hydrogens (tertiary/aromatic N) is 4. The van der Waals surface area contributed by atoms with Crippen LogP contribution in [-0.2, 0) is 0 Å². The second-order valence-electron chi connectivity index (χ2n) is 2.75. The van der Waals surface area contributed by atoms with Crippen LogP contribution in [0.4, 0.5) is 5.95 Å². The first kappa shape index (κ1) is 9.26. The average molecular weight is 199 g/mol. The van der Waals surface area contributed by atoms with Gasteiger partial charge in [0.25, 0.3) is 5.95 Å². The molecule has 0 bridgehead atoms. The molecule has 1 aromatic heterocycles. The standard InChI is InChI=1S/C10H9N5/c1-2-4-9(5-3-1)8-13-15-10-11-6-7-12-14-10/h1-8H,(H,11,14,15)/b13-8+. The number of hydrazone groups is 1. The number of rotatable bonds is 3. The lowest BCUT2D eigenvalue weighted by molar-refractivity contribution is 0.962. The van der Waals surface area contributed by atoms with Crippen molar-refractivity contribution < 1.29 is 0 Å². The third kappa shape index (κ3) is 2.84. The highest BCUT2D eigenvalue weighted by Crippen LogP contribution is 1.95. The van der Waals surface area contributed by atoms with Crippen molar-refractivity contribution in [2.75, 3.05) is 5.43 Å². The maximum absolute atomic E-state index is 3.97. The number of hydrogen-bond acceptors (Lipinski definition) is 5. The molecule has 1 N–H and O–H groups in total.